The predicted molar refractivity (Wildman–Crippen MR) is 141 cm³/mol. The fraction of sp³-hybridized carbons (Fsp3) is 0.286. The maximum absolute atomic E-state index is 12.8. The van der Waals surface area contributed by atoms with Crippen molar-refractivity contribution >= 4 is 29.8 Å². The Labute approximate surface area is 233 Å². The van der Waals surface area contributed by atoms with Gasteiger partial charge in [0.15, 0.2) is 0 Å². The minimum atomic E-state index is -1.14. The molecule has 2 N–H and O–H groups in total. The van der Waals surface area contributed by atoms with Gasteiger partial charge in [0.25, 0.3) is 17.5 Å². The Bertz CT molecular complexity index is 1490. The number of hydrogen-bond donors (Lipinski definition) is 2. The number of alkyl carbamates (subject to hydrolysis) is 1. The number of nitrogens with zero attached hydrogens (tertiary/aromatic N) is 2. The first kappa shape index (κ1) is 27.4. The van der Waals surface area contributed by atoms with E-state index in [-0.39, 0.29) is 47.5 Å². The van der Waals surface area contributed by atoms with Crippen LogP contribution < -0.4 is 10.6 Å². The molecule has 0 radical (unpaired) electrons. The van der Waals surface area contributed by atoms with E-state index in [9.17, 15) is 29.3 Å². The number of nitrogens with one attached hydrogen (secondary N) is 2. The first-order valence-electron chi connectivity index (χ1n) is 12.8. The molecule has 1 atom stereocenters. The van der Waals surface area contributed by atoms with Gasteiger partial charge in [0.2, 0.25) is 0 Å². The third kappa shape index (κ3) is 5.73. The Morgan fingerprint density at radius 3 is 2.24 bits per heavy atom. The van der Waals surface area contributed by atoms with Crippen molar-refractivity contribution in [1.29, 1.82) is 0 Å². The van der Waals surface area contributed by atoms with Crippen LogP contribution in [0.3, 0.4) is 0 Å². The highest BCUT2D eigenvalue weighted by Crippen LogP contribution is 2.40. The van der Waals surface area contributed by atoms with Crippen LogP contribution in [-0.4, -0.2) is 53.1 Å². The standard InChI is InChI=1S/C28H26N4O9/c1-15-23(40-27(35)30-18-10-11-18)22(17-6-5-7-19(14-17)32(37)38)24(16(2)29-15)41-28(36)39-13-12-31-25(33)20-8-3-4-9-21(20)26(31)34/h3-9,14,18,22,29H,10-13H2,1-2H3,(H,30,35). The zero-order valence-corrected chi connectivity index (χ0v) is 22.2. The van der Waals surface area contributed by atoms with Gasteiger partial charge in [0.05, 0.1) is 34.0 Å². The molecule has 1 fully saturated rings. The highest BCUT2D eigenvalue weighted by atomic mass is 16.7. The monoisotopic (exact) mass is 562 g/mol. The molecule has 0 aromatic heterocycles. The van der Waals surface area contributed by atoms with Crippen molar-refractivity contribution in [2.24, 2.45) is 0 Å². The third-order valence-corrected chi connectivity index (χ3v) is 6.76. The Morgan fingerprint density at radius 2 is 1.63 bits per heavy atom. The Hall–Kier alpha value is -5.20. The SMILES string of the molecule is CC1=C(OC(=O)NC2CC2)C(c2cccc([N+](=O)[O-])c2)C(OC(=O)OCCN2C(=O)c3ccccc3C2=O)=C(C)N1. The van der Waals surface area contributed by atoms with Crippen LogP contribution in [0.1, 0.15) is 58.9 Å². The number of nitro groups is 1. The van der Waals surface area contributed by atoms with E-state index in [1.165, 1.54) is 18.2 Å². The molecule has 2 aromatic carbocycles. The molecule has 2 aliphatic heterocycles. The largest absolute Gasteiger partial charge is 0.513 e. The molecule has 5 rings (SSSR count). The fourth-order valence-corrected chi connectivity index (χ4v) is 4.65. The van der Waals surface area contributed by atoms with Crippen molar-refractivity contribution in [3.63, 3.8) is 0 Å². The summed E-state index contributed by atoms with van der Waals surface area (Å²) in [7, 11) is 0. The maximum atomic E-state index is 12.8. The highest BCUT2D eigenvalue weighted by Gasteiger charge is 2.38. The number of imide groups is 1. The van der Waals surface area contributed by atoms with Gasteiger partial charge in [0, 0.05) is 18.2 Å². The van der Waals surface area contributed by atoms with E-state index in [1.54, 1.807) is 44.2 Å². The first-order valence-corrected chi connectivity index (χ1v) is 12.8. The van der Waals surface area contributed by atoms with Crippen LogP contribution in [-0.2, 0) is 14.2 Å². The van der Waals surface area contributed by atoms with Crippen LogP contribution in [0.2, 0.25) is 0 Å². The number of dihydropyridines is 1. The number of fused-ring (bicyclic) bond motifs is 1. The zero-order chi connectivity index (χ0) is 29.3. The molecular formula is C28H26N4O9. The summed E-state index contributed by atoms with van der Waals surface area (Å²) in [5.41, 5.74) is 1.50. The topological polar surface area (TPSA) is 166 Å². The first-order chi connectivity index (χ1) is 19.6. The van der Waals surface area contributed by atoms with Crippen LogP contribution >= 0.6 is 0 Å². The van der Waals surface area contributed by atoms with Gasteiger partial charge in [-0.05, 0) is 44.4 Å². The number of nitro benzene ring substituents is 1. The molecule has 3 amide bonds. The molecule has 3 aliphatic rings. The number of carbonyl (C=O) groups excluding carboxylic acids is 4. The average Bonchev–Trinajstić information content (AvgIpc) is 3.73. The van der Waals surface area contributed by atoms with E-state index >= 15 is 0 Å². The summed E-state index contributed by atoms with van der Waals surface area (Å²) in [5.74, 6) is -1.91. The minimum absolute atomic E-state index is 0.00366. The molecule has 1 unspecified atom stereocenters. The van der Waals surface area contributed by atoms with Crippen LogP contribution in [0.25, 0.3) is 0 Å². The van der Waals surface area contributed by atoms with Gasteiger partial charge in [-0.2, -0.15) is 0 Å². The van der Waals surface area contributed by atoms with Crippen molar-refractivity contribution < 1.29 is 38.3 Å². The van der Waals surface area contributed by atoms with Gasteiger partial charge < -0.3 is 24.8 Å². The number of allylic oxidation sites excluding steroid dienone is 2. The van der Waals surface area contributed by atoms with Crippen LogP contribution in [0, 0.1) is 10.1 Å². The lowest BCUT2D eigenvalue weighted by Crippen LogP contribution is -2.34. The summed E-state index contributed by atoms with van der Waals surface area (Å²) in [4.78, 5) is 62.4. The van der Waals surface area contributed by atoms with Crippen molar-refractivity contribution in [2.45, 2.75) is 38.6 Å². The van der Waals surface area contributed by atoms with E-state index < -0.39 is 34.9 Å². The predicted octanol–water partition coefficient (Wildman–Crippen LogP) is 4.08. The minimum Gasteiger partial charge on any atom is -0.432 e. The van der Waals surface area contributed by atoms with E-state index in [1.807, 2.05) is 0 Å². The van der Waals surface area contributed by atoms with E-state index in [0.29, 0.717) is 17.0 Å². The summed E-state index contributed by atoms with van der Waals surface area (Å²) >= 11 is 0. The van der Waals surface area contributed by atoms with Crippen LogP contribution in [0.4, 0.5) is 15.3 Å². The summed E-state index contributed by atoms with van der Waals surface area (Å²) in [5, 5.41) is 17.2. The quantitative estimate of drug-likeness (QED) is 0.207. The Morgan fingerprint density at radius 1 is 1.00 bits per heavy atom. The molecule has 0 saturated heterocycles. The second kappa shape index (κ2) is 11.1. The second-order valence-corrected chi connectivity index (χ2v) is 9.70. The lowest BCUT2D eigenvalue weighted by Gasteiger charge is -2.30. The van der Waals surface area contributed by atoms with Gasteiger partial charge in [-0.25, -0.2) is 9.59 Å². The number of amides is 3. The van der Waals surface area contributed by atoms with Crippen LogP contribution in [0.15, 0.2) is 71.4 Å². The van der Waals surface area contributed by atoms with Gasteiger partial charge in [0.1, 0.15) is 24.0 Å². The highest BCUT2D eigenvalue weighted by molar-refractivity contribution is 6.21. The smallest absolute Gasteiger partial charge is 0.432 e. The van der Waals surface area contributed by atoms with Crippen molar-refractivity contribution in [3.05, 3.63) is 98.2 Å². The maximum Gasteiger partial charge on any atom is 0.513 e. The normalized spacial score (nSPS) is 18.1. The summed E-state index contributed by atoms with van der Waals surface area (Å²) in [6, 6.07) is 12.1. The molecular weight excluding hydrogens is 536 g/mol. The zero-order valence-electron chi connectivity index (χ0n) is 22.2. The molecule has 13 nitrogen and oxygen atoms in total. The lowest BCUT2D eigenvalue weighted by atomic mass is 9.90. The molecule has 2 heterocycles. The molecule has 41 heavy (non-hydrogen) atoms. The number of rotatable bonds is 8. The number of non-ortho nitro benzene ring substituents is 1. The van der Waals surface area contributed by atoms with E-state index in [4.69, 9.17) is 14.2 Å². The van der Waals surface area contributed by atoms with Gasteiger partial charge in [-0.1, -0.05) is 24.3 Å². The van der Waals surface area contributed by atoms with Crippen molar-refractivity contribution in [3.8, 4) is 0 Å². The molecule has 212 valence electrons. The molecule has 2 aromatic rings. The van der Waals surface area contributed by atoms with Crippen molar-refractivity contribution in [1.82, 2.24) is 15.5 Å². The fourth-order valence-electron chi connectivity index (χ4n) is 4.65. The summed E-state index contributed by atoms with van der Waals surface area (Å²) in [6.45, 7) is 2.75. The number of benzene rings is 2. The Balaban J connectivity index is 1.33. The lowest BCUT2D eigenvalue weighted by molar-refractivity contribution is -0.384. The van der Waals surface area contributed by atoms with Crippen molar-refractivity contribution in [2.75, 3.05) is 13.2 Å². The molecule has 13 heteroatoms. The molecule has 1 saturated carbocycles. The number of hydrogen-bond acceptors (Lipinski definition) is 10. The summed E-state index contributed by atoms with van der Waals surface area (Å²) in [6.07, 6.45) is -0.185. The Kier molecular flexibility index (Phi) is 7.42. The average molecular weight is 563 g/mol. The summed E-state index contributed by atoms with van der Waals surface area (Å²) < 4.78 is 16.4. The number of ether oxygens (including phenoxy) is 3. The number of carbonyl (C=O) groups is 4. The van der Waals surface area contributed by atoms with E-state index in [2.05, 4.69) is 10.6 Å². The molecule has 0 bridgehead atoms. The van der Waals surface area contributed by atoms with Gasteiger partial charge in [-0.15, -0.1) is 0 Å². The van der Waals surface area contributed by atoms with E-state index in [0.717, 1.165) is 17.7 Å². The second-order valence-electron chi connectivity index (χ2n) is 9.70. The third-order valence-electron chi connectivity index (χ3n) is 6.76. The molecule has 0 spiro atoms. The van der Waals surface area contributed by atoms with Gasteiger partial charge in [-0.3, -0.25) is 24.6 Å². The van der Waals surface area contributed by atoms with Gasteiger partial charge >= 0.3 is 12.2 Å². The molecule has 1 aliphatic carbocycles. The van der Waals surface area contributed by atoms with Crippen LogP contribution in [0.5, 0.6) is 0 Å².